The van der Waals surface area contributed by atoms with Crippen LogP contribution < -0.4 is 5.32 Å². The molecule has 94 valence electrons. The van der Waals surface area contributed by atoms with Gasteiger partial charge in [0.15, 0.2) is 0 Å². The molecule has 4 heteroatoms. The Kier molecular flexibility index (Phi) is 2.80. The number of H-pyrrole nitrogens is 1. The van der Waals surface area contributed by atoms with Crippen molar-refractivity contribution in [3.05, 3.63) is 35.5 Å². The fourth-order valence-corrected chi connectivity index (χ4v) is 2.83. The maximum Gasteiger partial charge on any atom is 0.317 e. The largest absolute Gasteiger partial charge is 0.480 e. The van der Waals surface area contributed by atoms with Gasteiger partial charge in [0.05, 0.1) is 6.54 Å². The van der Waals surface area contributed by atoms with Gasteiger partial charge in [-0.25, -0.2) is 0 Å². The van der Waals surface area contributed by atoms with Crippen molar-refractivity contribution >= 4 is 16.9 Å². The van der Waals surface area contributed by atoms with Crippen LogP contribution in [0, 0.1) is 0 Å². The third-order valence-corrected chi connectivity index (χ3v) is 3.61. The summed E-state index contributed by atoms with van der Waals surface area (Å²) in [6, 6.07) is 8.40. The van der Waals surface area contributed by atoms with Crippen molar-refractivity contribution in [2.45, 2.75) is 25.3 Å². The number of para-hydroxylation sites is 1. The van der Waals surface area contributed by atoms with E-state index in [1.54, 1.807) is 0 Å². The lowest BCUT2D eigenvalue weighted by atomic mass is 9.92. The molecule has 1 aromatic carbocycles. The van der Waals surface area contributed by atoms with Crippen LogP contribution in [0.4, 0.5) is 0 Å². The fraction of sp³-hybridized carbons (Fsp3) is 0.357. The van der Waals surface area contributed by atoms with E-state index in [9.17, 15) is 4.79 Å². The first-order valence-electron chi connectivity index (χ1n) is 6.30. The van der Waals surface area contributed by atoms with Crippen LogP contribution in [0.15, 0.2) is 24.3 Å². The number of fused-ring (bicyclic) bond motifs is 3. The number of hydrogen-bond acceptors (Lipinski definition) is 2. The number of aryl methyl sites for hydroxylation is 1. The highest BCUT2D eigenvalue weighted by Gasteiger charge is 2.23. The number of carboxylic acids is 1. The molecule has 0 radical (unpaired) electrons. The van der Waals surface area contributed by atoms with Gasteiger partial charge < -0.3 is 10.1 Å². The minimum atomic E-state index is -0.807. The number of aromatic amines is 1. The van der Waals surface area contributed by atoms with Crippen LogP contribution >= 0.6 is 0 Å². The Morgan fingerprint density at radius 2 is 2.28 bits per heavy atom. The van der Waals surface area contributed by atoms with Gasteiger partial charge in [-0.3, -0.25) is 10.1 Å². The van der Waals surface area contributed by atoms with Crippen molar-refractivity contribution in [3.8, 4) is 0 Å². The van der Waals surface area contributed by atoms with Gasteiger partial charge in [0.1, 0.15) is 0 Å². The molecule has 1 aliphatic carbocycles. The Bertz CT molecular complexity index is 588. The summed E-state index contributed by atoms with van der Waals surface area (Å²) in [5, 5.41) is 13.1. The fourth-order valence-electron chi connectivity index (χ4n) is 2.83. The monoisotopic (exact) mass is 244 g/mol. The molecule has 18 heavy (non-hydrogen) atoms. The molecule has 0 bridgehead atoms. The van der Waals surface area contributed by atoms with Crippen molar-refractivity contribution in [1.82, 2.24) is 10.3 Å². The topological polar surface area (TPSA) is 65.1 Å². The molecule has 2 aromatic rings. The van der Waals surface area contributed by atoms with Crippen LogP contribution in [0.25, 0.3) is 10.9 Å². The van der Waals surface area contributed by atoms with Crippen molar-refractivity contribution in [1.29, 1.82) is 0 Å². The van der Waals surface area contributed by atoms with E-state index in [0.29, 0.717) is 0 Å². The zero-order valence-electron chi connectivity index (χ0n) is 10.1. The van der Waals surface area contributed by atoms with Crippen LogP contribution in [0.5, 0.6) is 0 Å². The average Bonchev–Trinajstić information content (AvgIpc) is 2.75. The van der Waals surface area contributed by atoms with Crippen LogP contribution in [-0.2, 0) is 11.2 Å². The van der Waals surface area contributed by atoms with Gasteiger partial charge in [-0.05, 0) is 30.9 Å². The molecule has 1 aromatic heterocycles. The molecule has 0 aliphatic heterocycles. The Labute approximate surface area is 105 Å². The maximum absolute atomic E-state index is 10.7. The third kappa shape index (κ3) is 1.88. The smallest absolute Gasteiger partial charge is 0.317 e. The van der Waals surface area contributed by atoms with Gasteiger partial charge in [-0.15, -0.1) is 0 Å². The van der Waals surface area contributed by atoms with Gasteiger partial charge in [0, 0.05) is 22.6 Å². The molecule has 0 saturated carbocycles. The molecule has 3 rings (SSSR count). The molecule has 1 unspecified atom stereocenters. The van der Waals surface area contributed by atoms with E-state index in [1.165, 1.54) is 16.6 Å². The third-order valence-electron chi connectivity index (χ3n) is 3.61. The van der Waals surface area contributed by atoms with E-state index in [0.717, 1.165) is 24.8 Å². The number of carboxylic acid groups (broad SMARTS) is 1. The van der Waals surface area contributed by atoms with Crippen LogP contribution in [-0.4, -0.2) is 22.6 Å². The number of benzene rings is 1. The van der Waals surface area contributed by atoms with E-state index >= 15 is 0 Å². The van der Waals surface area contributed by atoms with Crippen LogP contribution in [0.3, 0.4) is 0 Å². The molecule has 1 heterocycles. The molecule has 0 spiro atoms. The predicted molar refractivity (Wildman–Crippen MR) is 69.6 cm³/mol. The van der Waals surface area contributed by atoms with Gasteiger partial charge in [-0.1, -0.05) is 18.2 Å². The summed E-state index contributed by atoms with van der Waals surface area (Å²) >= 11 is 0. The molecular formula is C14H16N2O2. The highest BCUT2D eigenvalue weighted by atomic mass is 16.4. The summed E-state index contributed by atoms with van der Waals surface area (Å²) < 4.78 is 0. The molecule has 1 atom stereocenters. The van der Waals surface area contributed by atoms with E-state index in [4.69, 9.17) is 5.11 Å². The molecule has 0 amide bonds. The molecule has 0 saturated heterocycles. The summed E-state index contributed by atoms with van der Waals surface area (Å²) in [7, 11) is 0. The van der Waals surface area contributed by atoms with Gasteiger partial charge >= 0.3 is 5.97 Å². The number of nitrogens with one attached hydrogen (secondary N) is 2. The first kappa shape index (κ1) is 11.3. The van der Waals surface area contributed by atoms with Crippen molar-refractivity contribution in [3.63, 3.8) is 0 Å². The summed E-state index contributed by atoms with van der Waals surface area (Å²) in [6.45, 7) is 0.0134. The second kappa shape index (κ2) is 4.46. The van der Waals surface area contributed by atoms with Crippen molar-refractivity contribution in [2.75, 3.05) is 6.54 Å². The Morgan fingerprint density at radius 3 is 3.11 bits per heavy atom. The Hall–Kier alpha value is -1.81. The lowest BCUT2D eigenvalue weighted by Gasteiger charge is -2.23. The Balaban J connectivity index is 1.97. The zero-order valence-corrected chi connectivity index (χ0v) is 10.1. The summed E-state index contributed by atoms with van der Waals surface area (Å²) in [4.78, 5) is 14.1. The van der Waals surface area contributed by atoms with Gasteiger partial charge in [0.25, 0.3) is 0 Å². The normalized spacial score (nSPS) is 18.8. The lowest BCUT2D eigenvalue weighted by Crippen LogP contribution is -2.29. The zero-order chi connectivity index (χ0) is 12.5. The van der Waals surface area contributed by atoms with Crippen LogP contribution in [0.1, 0.15) is 30.1 Å². The van der Waals surface area contributed by atoms with Crippen LogP contribution in [0.2, 0.25) is 0 Å². The molecular weight excluding hydrogens is 228 g/mol. The second-order valence-corrected chi connectivity index (χ2v) is 4.78. The minimum absolute atomic E-state index is 0.0134. The van der Waals surface area contributed by atoms with E-state index in [1.807, 2.05) is 12.1 Å². The number of carbonyl (C=O) groups is 1. The minimum Gasteiger partial charge on any atom is -0.480 e. The van der Waals surface area contributed by atoms with E-state index < -0.39 is 5.97 Å². The summed E-state index contributed by atoms with van der Waals surface area (Å²) in [6.07, 6.45) is 3.17. The van der Waals surface area contributed by atoms with E-state index in [-0.39, 0.29) is 12.6 Å². The molecule has 3 N–H and O–H groups in total. The highest BCUT2D eigenvalue weighted by Crippen LogP contribution is 2.34. The molecule has 1 aliphatic rings. The van der Waals surface area contributed by atoms with Gasteiger partial charge in [0.2, 0.25) is 0 Å². The standard InChI is InChI=1S/C14H16N2O2/c17-13(18)8-15-12-7-3-5-10-9-4-1-2-6-11(9)16-14(10)12/h1-2,4,6,12,15-16H,3,5,7-8H2,(H,17,18). The first-order valence-corrected chi connectivity index (χ1v) is 6.30. The average molecular weight is 244 g/mol. The first-order chi connectivity index (χ1) is 8.75. The summed E-state index contributed by atoms with van der Waals surface area (Å²) in [5.41, 5.74) is 3.66. The van der Waals surface area contributed by atoms with Crippen molar-refractivity contribution < 1.29 is 9.90 Å². The SMILES string of the molecule is O=C(O)CNC1CCCc2c1[nH]c1ccccc21. The number of aromatic nitrogens is 1. The molecule has 0 fully saturated rings. The van der Waals surface area contributed by atoms with Gasteiger partial charge in [-0.2, -0.15) is 0 Å². The molecule has 4 nitrogen and oxygen atoms in total. The number of hydrogen-bond donors (Lipinski definition) is 3. The number of aliphatic carboxylic acids is 1. The second-order valence-electron chi connectivity index (χ2n) is 4.78. The predicted octanol–water partition coefficient (Wildman–Crippen LogP) is 2.22. The lowest BCUT2D eigenvalue weighted by molar-refractivity contribution is -0.136. The van der Waals surface area contributed by atoms with E-state index in [2.05, 4.69) is 22.4 Å². The Morgan fingerprint density at radius 1 is 1.44 bits per heavy atom. The quantitative estimate of drug-likeness (QED) is 0.775. The van der Waals surface area contributed by atoms with Crippen molar-refractivity contribution in [2.24, 2.45) is 0 Å². The highest BCUT2D eigenvalue weighted by molar-refractivity contribution is 5.85. The number of rotatable bonds is 3. The summed E-state index contributed by atoms with van der Waals surface area (Å²) in [5.74, 6) is -0.807. The maximum atomic E-state index is 10.7.